The normalized spacial score (nSPS) is 34.6. The van der Waals surface area contributed by atoms with E-state index in [0.29, 0.717) is 17.3 Å². The summed E-state index contributed by atoms with van der Waals surface area (Å²) < 4.78 is 5.61. The molecule has 0 radical (unpaired) electrons. The molecule has 2 fully saturated rings. The number of aromatic nitrogens is 2. The van der Waals surface area contributed by atoms with Gasteiger partial charge < -0.3 is 15.8 Å². The van der Waals surface area contributed by atoms with Gasteiger partial charge in [0.1, 0.15) is 23.8 Å². The van der Waals surface area contributed by atoms with Crippen molar-refractivity contribution in [3.63, 3.8) is 0 Å². The summed E-state index contributed by atoms with van der Waals surface area (Å²) >= 11 is 0. The molecule has 0 spiro atoms. The predicted molar refractivity (Wildman–Crippen MR) is 60.0 cm³/mol. The highest BCUT2D eigenvalue weighted by Crippen LogP contribution is 2.39. The first kappa shape index (κ1) is 10.4. The average Bonchev–Trinajstić information content (AvgIpc) is 2.81. The molecule has 6 heteroatoms. The van der Waals surface area contributed by atoms with Crippen LogP contribution in [-0.2, 0) is 4.74 Å². The van der Waals surface area contributed by atoms with E-state index in [9.17, 15) is 0 Å². The molecule has 1 aliphatic heterocycles. The molecule has 1 saturated carbocycles. The number of nitriles is 1. The number of hydrogen-bond acceptors (Lipinski definition) is 6. The van der Waals surface area contributed by atoms with E-state index in [4.69, 9.17) is 15.7 Å². The van der Waals surface area contributed by atoms with E-state index in [1.807, 2.05) is 0 Å². The van der Waals surface area contributed by atoms with Crippen molar-refractivity contribution in [3.8, 4) is 6.07 Å². The summed E-state index contributed by atoms with van der Waals surface area (Å²) in [4.78, 5) is 7.88. The van der Waals surface area contributed by atoms with Crippen LogP contribution in [0.5, 0.6) is 0 Å². The maximum absolute atomic E-state index is 8.94. The summed E-state index contributed by atoms with van der Waals surface area (Å²) in [5.41, 5.74) is 6.51. The van der Waals surface area contributed by atoms with Crippen molar-refractivity contribution in [3.05, 3.63) is 18.1 Å². The molecule has 1 aromatic rings. The van der Waals surface area contributed by atoms with Crippen molar-refractivity contribution in [2.24, 2.45) is 11.7 Å². The highest BCUT2D eigenvalue weighted by molar-refractivity contribution is 5.51. The fourth-order valence-corrected chi connectivity index (χ4v) is 2.61. The van der Waals surface area contributed by atoms with E-state index in [0.717, 1.165) is 13.0 Å². The Kier molecular flexibility index (Phi) is 2.42. The smallest absolute Gasteiger partial charge is 0.147 e. The van der Waals surface area contributed by atoms with Crippen LogP contribution in [0.4, 0.5) is 5.82 Å². The Labute approximate surface area is 98.8 Å². The Morgan fingerprint density at radius 2 is 2.47 bits per heavy atom. The number of rotatable bonds is 2. The highest BCUT2D eigenvalue weighted by atomic mass is 16.5. The molecule has 0 aromatic carbocycles. The van der Waals surface area contributed by atoms with Gasteiger partial charge in [-0.3, -0.25) is 0 Å². The second kappa shape index (κ2) is 3.95. The second-order valence-corrected chi connectivity index (χ2v) is 4.43. The molecule has 1 aromatic heterocycles. The number of hydrogen-bond donors (Lipinski definition) is 2. The molecule has 2 heterocycles. The van der Waals surface area contributed by atoms with Crippen LogP contribution in [-0.4, -0.2) is 34.8 Å². The lowest BCUT2D eigenvalue weighted by Gasteiger charge is -2.45. The Balaban J connectivity index is 1.77. The number of nitrogens with one attached hydrogen (secondary N) is 1. The molecule has 0 bridgehead atoms. The Bertz CT molecular complexity index is 471. The molecule has 3 rings (SSSR count). The van der Waals surface area contributed by atoms with Gasteiger partial charge in [0.25, 0.3) is 0 Å². The average molecular weight is 231 g/mol. The van der Waals surface area contributed by atoms with Crippen molar-refractivity contribution < 1.29 is 4.74 Å². The molecule has 17 heavy (non-hydrogen) atoms. The van der Waals surface area contributed by atoms with Crippen LogP contribution < -0.4 is 11.1 Å². The third kappa shape index (κ3) is 1.55. The Hall–Kier alpha value is -1.71. The monoisotopic (exact) mass is 231 g/mol. The van der Waals surface area contributed by atoms with Crippen LogP contribution >= 0.6 is 0 Å². The molecule has 4 atom stereocenters. The Morgan fingerprint density at radius 3 is 3.29 bits per heavy atom. The SMILES string of the molecule is N#Cc1cncnc1NC1C(N)C2CCOC21. The van der Waals surface area contributed by atoms with E-state index >= 15 is 0 Å². The molecule has 1 aliphatic carbocycles. The van der Waals surface area contributed by atoms with E-state index in [-0.39, 0.29) is 18.2 Å². The fourth-order valence-electron chi connectivity index (χ4n) is 2.61. The maximum atomic E-state index is 8.94. The van der Waals surface area contributed by atoms with Crippen LogP contribution in [0.15, 0.2) is 12.5 Å². The molecule has 4 unspecified atom stereocenters. The minimum absolute atomic E-state index is 0.0458. The van der Waals surface area contributed by atoms with Gasteiger partial charge in [-0.25, -0.2) is 9.97 Å². The lowest BCUT2D eigenvalue weighted by atomic mass is 9.72. The molecular weight excluding hydrogens is 218 g/mol. The summed E-state index contributed by atoms with van der Waals surface area (Å²) in [6.45, 7) is 0.774. The first-order valence-corrected chi connectivity index (χ1v) is 5.65. The van der Waals surface area contributed by atoms with Crippen molar-refractivity contribution in [2.75, 3.05) is 11.9 Å². The van der Waals surface area contributed by atoms with Gasteiger partial charge in [0.15, 0.2) is 0 Å². The van der Waals surface area contributed by atoms with E-state index < -0.39 is 0 Å². The van der Waals surface area contributed by atoms with Gasteiger partial charge in [-0.05, 0) is 6.42 Å². The summed E-state index contributed by atoms with van der Waals surface area (Å²) in [6, 6.07) is 2.17. The second-order valence-electron chi connectivity index (χ2n) is 4.43. The van der Waals surface area contributed by atoms with Gasteiger partial charge in [0.2, 0.25) is 0 Å². The number of ether oxygens (including phenoxy) is 1. The van der Waals surface area contributed by atoms with Crippen LogP contribution in [0.3, 0.4) is 0 Å². The predicted octanol–water partition coefficient (Wildman–Crippen LogP) is -0.125. The first-order valence-electron chi connectivity index (χ1n) is 5.65. The van der Waals surface area contributed by atoms with Crippen molar-refractivity contribution >= 4 is 5.82 Å². The number of anilines is 1. The number of nitrogens with two attached hydrogens (primary N) is 1. The quantitative estimate of drug-likeness (QED) is 0.736. The van der Waals surface area contributed by atoms with E-state index in [1.54, 1.807) is 0 Å². The zero-order valence-corrected chi connectivity index (χ0v) is 9.21. The maximum Gasteiger partial charge on any atom is 0.147 e. The van der Waals surface area contributed by atoms with Gasteiger partial charge in [-0.15, -0.1) is 0 Å². The van der Waals surface area contributed by atoms with Gasteiger partial charge in [-0.1, -0.05) is 0 Å². The zero-order chi connectivity index (χ0) is 11.8. The van der Waals surface area contributed by atoms with Crippen LogP contribution in [0.2, 0.25) is 0 Å². The lowest BCUT2D eigenvalue weighted by Crippen LogP contribution is -2.65. The van der Waals surface area contributed by atoms with Crippen LogP contribution in [0.1, 0.15) is 12.0 Å². The summed E-state index contributed by atoms with van der Waals surface area (Å²) in [5.74, 6) is 0.983. The molecule has 0 amide bonds. The zero-order valence-electron chi connectivity index (χ0n) is 9.21. The number of nitrogens with zero attached hydrogens (tertiary/aromatic N) is 3. The van der Waals surface area contributed by atoms with Crippen molar-refractivity contribution in [2.45, 2.75) is 24.6 Å². The van der Waals surface area contributed by atoms with E-state index in [1.165, 1.54) is 12.5 Å². The molecule has 1 saturated heterocycles. The molecular formula is C11H13N5O. The largest absolute Gasteiger partial charge is 0.376 e. The molecule has 3 N–H and O–H groups in total. The fraction of sp³-hybridized carbons (Fsp3) is 0.545. The van der Waals surface area contributed by atoms with Gasteiger partial charge in [0, 0.05) is 18.6 Å². The molecule has 88 valence electrons. The highest BCUT2D eigenvalue weighted by Gasteiger charge is 2.52. The summed E-state index contributed by atoms with van der Waals surface area (Å²) in [5, 5.41) is 12.1. The van der Waals surface area contributed by atoms with Crippen molar-refractivity contribution in [1.29, 1.82) is 5.26 Å². The Morgan fingerprint density at radius 1 is 1.59 bits per heavy atom. The lowest BCUT2D eigenvalue weighted by molar-refractivity contribution is 0.00523. The van der Waals surface area contributed by atoms with Gasteiger partial charge >= 0.3 is 0 Å². The standard InChI is InChI=1S/C11H13N5O/c12-3-6-4-14-5-15-11(6)16-9-8(13)7-1-2-17-10(7)9/h4-5,7-10H,1-2,13H2,(H,14,15,16). The number of fused-ring (bicyclic) bond motifs is 1. The van der Waals surface area contributed by atoms with Crippen molar-refractivity contribution in [1.82, 2.24) is 9.97 Å². The van der Waals surface area contributed by atoms with E-state index in [2.05, 4.69) is 21.4 Å². The van der Waals surface area contributed by atoms with Crippen LogP contribution in [0, 0.1) is 17.2 Å². The first-order chi connectivity index (χ1) is 8.31. The topological polar surface area (TPSA) is 96.9 Å². The van der Waals surface area contributed by atoms with Gasteiger partial charge in [0.05, 0.1) is 18.3 Å². The minimum Gasteiger partial charge on any atom is -0.376 e. The third-order valence-corrected chi connectivity index (χ3v) is 3.58. The summed E-state index contributed by atoms with van der Waals surface area (Å²) in [6.07, 6.45) is 4.10. The summed E-state index contributed by atoms with van der Waals surface area (Å²) in [7, 11) is 0. The molecule has 2 aliphatic rings. The minimum atomic E-state index is 0.0458. The molecule has 6 nitrogen and oxygen atoms in total. The van der Waals surface area contributed by atoms with Crippen LogP contribution in [0.25, 0.3) is 0 Å². The van der Waals surface area contributed by atoms with Gasteiger partial charge in [-0.2, -0.15) is 5.26 Å². The third-order valence-electron chi connectivity index (χ3n) is 3.58.